The fraction of sp³-hybridized carbons (Fsp3) is 0.917. The van der Waals surface area contributed by atoms with Gasteiger partial charge in [0.1, 0.15) is 0 Å². The summed E-state index contributed by atoms with van der Waals surface area (Å²) in [5.74, 6) is -0.0467. The van der Waals surface area contributed by atoms with Crippen LogP contribution in [0.15, 0.2) is 0 Å². The maximum absolute atomic E-state index is 11.7. The molecule has 3 N–H and O–H groups in total. The van der Waals surface area contributed by atoms with Gasteiger partial charge in [-0.2, -0.15) is 0 Å². The Labute approximate surface area is 105 Å². The van der Waals surface area contributed by atoms with E-state index in [0.717, 1.165) is 0 Å². The van der Waals surface area contributed by atoms with Crippen LogP contribution in [0.4, 0.5) is 0 Å². The fourth-order valence-corrected chi connectivity index (χ4v) is 1.37. The molecule has 2 unspecified atom stereocenters. The van der Waals surface area contributed by atoms with Crippen LogP contribution in [0.3, 0.4) is 0 Å². The van der Waals surface area contributed by atoms with Crippen LogP contribution in [0.1, 0.15) is 27.7 Å². The SMILES string of the molecule is CC(NCC(O)CN(C)C)C(=O)NC(C)(C)C. The Hall–Kier alpha value is -0.650. The van der Waals surface area contributed by atoms with E-state index in [1.165, 1.54) is 0 Å². The minimum absolute atomic E-state index is 0.0467. The van der Waals surface area contributed by atoms with Gasteiger partial charge in [0, 0.05) is 18.6 Å². The molecule has 0 aromatic rings. The highest BCUT2D eigenvalue weighted by Crippen LogP contribution is 1.99. The van der Waals surface area contributed by atoms with Crippen molar-refractivity contribution in [3.05, 3.63) is 0 Å². The van der Waals surface area contributed by atoms with Crippen molar-refractivity contribution >= 4 is 5.91 Å². The second-order valence-electron chi connectivity index (χ2n) is 5.79. The highest BCUT2D eigenvalue weighted by molar-refractivity contribution is 5.81. The lowest BCUT2D eigenvalue weighted by molar-refractivity contribution is -0.124. The molecule has 2 atom stereocenters. The number of carbonyl (C=O) groups excluding carboxylic acids is 1. The number of amides is 1. The first-order valence-corrected chi connectivity index (χ1v) is 6.00. The van der Waals surface area contributed by atoms with Gasteiger partial charge in [-0.3, -0.25) is 4.79 Å². The summed E-state index contributed by atoms with van der Waals surface area (Å²) in [6, 6.07) is -0.300. The van der Waals surface area contributed by atoms with Crippen LogP contribution in [0.25, 0.3) is 0 Å². The fourth-order valence-electron chi connectivity index (χ4n) is 1.37. The summed E-state index contributed by atoms with van der Waals surface area (Å²) in [5, 5.41) is 15.6. The van der Waals surface area contributed by atoms with Gasteiger partial charge >= 0.3 is 0 Å². The Morgan fingerprint density at radius 2 is 1.88 bits per heavy atom. The van der Waals surface area contributed by atoms with E-state index in [1.54, 1.807) is 6.92 Å². The van der Waals surface area contributed by atoms with Gasteiger partial charge in [-0.25, -0.2) is 0 Å². The predicted octanol–water partition coefficient (Wildman–Crippen LogP) is -0.198. The third-order valence-corrected chi connectivity index (χ3v) is 2.13. The molecule has 0 saturated heterocycles. The van der Waals surface area contributed by atoms with Gasteiger partial charge in [-0.1, -0.05) is 0 Å². The van der Waals surface area contributed by atoms with E-state index in [9.17, 15) is 9.90 Å². The normalized spacial score (nSPS) is 15.8. The first-order valence-electron chi connectivity index (χ1n) is 6.00. The summed E-state index contributed by atoms with van der Waals surface area (Å²) in [6.45, 7) is 8.62. The molecule has 102 valence electrons. The van der Waals surface area contributed by atoms with Crippen LogP contribution in [-0.4, -0.2) is 60.8 Å². The molecule has 17 heavy (non-hydrogen) atoms. The van der Waals surface area contributed by atoms with Crippen LogP contribution in [0.2, 0.25) is 0 Å². The summed E-state index contributed by atoms with van der Waals surface area (Å²) in [7, 11) is 3.80. The molecule has 0 heterocycles. The summed E-state index contributed by atoms with van der Waals surface area (Å²) in [4.78, 5) is 13.6. The van der Waals surface area contributed by atoms with Gasteiger partial charge in [-0.15, -0.1) is 0 Å². The van der Waals surface area contributed by atoms with Crippen molar-refractivity contribution in [3.63, 3.8) is 0 Å². The molecule has 0 aromatic carbocycles. The summed E-state index contributed by atoms with van der Waals surface area (Å²) in [5.41, 5.74) is -0.227. The highest BCUT2D eigenvalue weighted by Gasteiger charge is 2.19. The van der Waals surface area contributed by atoms with Crippen molar-refractivity contribution in [2.24, 2.45) is 0 Å². The number of aliphatic hydroxyl groups excluding tert-OH is 1. The van der Waals surface area contributed by atoms with E-state index in [-0.39, 0.29) is 17.5 Å². The van der Waals surface area contributed by atoms with Gasteiger partial charge in [0.25, 0.3) is 0 Å². The molecule has 0 aliphatic heterocycles. The van der Waals surface area contributed by atoms with E-state index >= 15 is 0 Å². The van der Waals surface area contributed by atoms with Gasteiger partial charge < -0.3 is 20.6 Å². The second kappa shape index (κ2) is 6.93. The Balaban J connectivity index is 3.93. The molecule has 0 saturated carbocycles. The van der Waals surface area contributed by atoms with Gasteiger partial charge in [0.15, 0.2) is 0 Å². The van der Waals surface area contributed by atoms with Crippen molar-refractivity contribution in [2.45, 2.75) is 45.4 Å². The molecule has 0 rings (SSSR count). The maximum atomic E-state index is 11.7. The van der Waals surface area contributed by atoms with Crippen molar-refractivity contribution in [2.75, 3.05) is 27.2 Å². The topological polar surface area (TPSA) is 64.6 Å². The van der Waals surface area contributed by atoms with Crippen molar-refractivity contribution in [1.82, 2.24) is 15.5 Å². The lowest BCUT2D eigenvalue weighted by Crippen LogP contribution is -2.51. The highest BCUT2D eigenvalue weighted by atomic mass is 16.3. The number of nitrogens with zero attached hydrogens (tertiary/aromatic N) is 1. The number of hydrogen-bond donors (Lipinski definition) is 3. The van der Waals surface area contributed by atoms with E-state index in [2.05, 4.69) is 10.6 Å². The minimum Gasteiger partial charge on any atom is -0.390 e. The van der Waals surface area contributed by atoms with Crippen LogP contribution in [0.5, 0.6) is 0 Å². The van der Waals surface area contributed by atoms with Gasteiger partial charge in [-0.05, 0) is 41.8 Å². The predicted molar refractivity (Wildman–Crippen MR) is 69.9 cm³/mol. The Bertz CT molecular complexity index is 236. The van der Waals surface area contributed by atoms with E-state index in [1.807, 2.05) is 39.8 Å². The molecule has 0 aliphatic carbocycles. The molecule has 0 radical (unpaired) electrons. The van der Waals surface area contributed by atoms with Crippen LogP contribution < -0.4 is 10.6 Å². The third kappa shape index (κ3) is 9.09. The zero-order valence-corrected chi connectivity index (χ0v) is 11.9. The molecular formula is C12H27N3O2. The molecule has 1 amide bonds. The third-order valence-electron chi connectivity index (χ3n) is 2.13. The van der Waals surface area contributed by atoms with Crippen LogP contribution >= 0.6 is 0 Å². The Morgan fingerprint density at radius 1 is 1.35 bits per heavy atom. The zero-order chi connectivity index (χ0) is 13.6. The Kier molecular flexibility index (Phi) is 6.67. The number of aliphatic hydroxyl groups is 1. The smallest absolute Gasteiger partial charge is 0.237 e. The monoisotopic (exact) mass is 245 g/mol. The van der Waals surface area contributed by atoms with Crippen molar-refractivity contribution < 1.29 is 9.90 Å². The van der Waals surface area contributed by atoms with Gasteiger partial charge in [0.2, 0.25) is 5.91 Å². The molecule has 0 aliphatic rings. The van der Waals surface area contributed by atoms with E-state index < -0.39 is 6.10 Å². The standard InChI is InChI=1S/C12H27N3O2/c1-9(11(17)14-12(2,3)4)13-7-10(16)8-15(5)6/h9-10,13,16H,7-8H2,1-6H3,(H,14,17). The lowest BCUT2D eigenvalue weighted by atomic mass is 10.1. The van der Waals surface area contributed by atoms with Crippen LogP contribution in [0, 0.1) is 0 Å². The van der Waals surface area contributed by atoms with Crippen molar-refractivity contribution in [3.8, 4) is 0 Å². The minimum atomic E-state index is -0.463. The molecule has 0 spiro atoms. The molecular weight excluding hydrogens is 218 g/mol. The number of nitrogens with one attached hydrogen (secondary N) is 2. The molecule has 0 aromatic heterocycles. The largest absolute Gasteiger partial charge is 0.390 e. The average molecular weight is 245 g/mol. The molecule has 5 nitrogen and oxygen atoms in total. The number of likely N-dealkylation sites (N-methyl/N-ethyl adjacent to an activating group) is 1. The first kappa shape index (κ1) is 16.4. The molecule has 0 fully saturated rings. The zero-order valence-electron chi connectivity index (χ0n) is 11.9. The summed E-state index contributed by atoms with van der Waals surface area (Å²) in [6.07, 6.45) is -0.463. The molecule has 5 heteroatoms. The van der Waals surface area contributed by atoms with Crippen LogP contribution in [-0.2, 0) is 4.79 Å². The maximum Gasteiger partial charge on any atom is 0.237 e. The quantitative estimate of drug-likeness (QED) is 0.606. The lowest BCUT2D eigenvalue weighted by Gasteiger charge is -2.24. The number of rotatable bonds is 6. The average Bonchev–Trinajstić information content (AvgIpc) is 2.10. The Morgan fingerprint density at radius 3 is 2.29 bits per heavy atom. The number of carbonyl (C=O) groups is 1. The van der Waals surface area contributed by atoms with E-state index in [0.29, 0.717) is 13.1 Å². The summed E-state index contributed by atoms with van der Waals surface area (Å²) >= 11 is 0. The number of hydrogen-bond acceptors (Lipinski definition) is 4. The first-order chi connectivity index (χ1) is 7.61. The van der Waals surface area contributed by atoms with Crippen molar-refractivity contribution in [1.29, 1.82) is 0 Å². The summed E-state index contributed by atoms with van der Waals surface area (Å²) < 4.78 is 0. The second-order valence-corrected chi connectivity index (χ2v) is 5.79. The molecule has 0 bridgehead atoms. The van der Waals surface area contributed by atoms with E-state index in [4.69, 9.17) is 0 Å². The van der Waals surface area contributed by atoms with Gasteiger partial charge in [0.05, 0.1) is 12.1 Å².